The lowest BCUT2D eigenvalue weighted by atomic mass is 10.1. The highest BCUT2D eigenvalue weighted by molar-refractivity contribution is 5.82. The first-order valence-corrected chi connectivity index (χ1v) is 6.75. The minimum absolute atomic E-state index is 0.962. The lowest BCUT2D eigenvalue weighted by Gasteiger charge is -2.00. The van der Waals surface area contributed by atoms with E-state index in [1.54, 1.807) is 10.9 Å². The number of benzene rings is 2. The van der Waals surface area contributed by atoms with Gasteiger partial charge in [-0.15, -0.1) is 0 Å². The minimum atomic E-state index is 0.962. The maximum absolute atomic E-state index is 4.41. The van der Waals surface area contributed by atoms with Gasteiger partial charge in [0.1, 0.15) is 0 Å². The lowest BCUT2D eigenvalue weighted by molar-refractivity contribution is 0.771. The Labute approximate surface area is 123 Å². The van der Waals surface area contributed by atoms with Gasteiger partial charge in [-0.05, 0) is 29.8 Å². The standard InChI is InChI=1S/C17H16N4/c1-21-11-10-17(20-21)15-7-5-6-14(12-15)13-18-19-16-8-3-2-4-9-16/h2-13,19H,1H3. The molecule has 2 aromatic carbocycles. The highest BCUT2D eigenvalue weighted by atomic mass is 15.3. The highest BCUT2D eigenvalue weighted by Gasteiger charge is 2.01. The Bertz CT molecular complexity index is 744. The van der Waals surface area contributed by atoms with Crippen LogP contribution in [0.3, 0.4) is 0 Å². The van der Waals surface area contributed by atoms with E-state index in [1.807, 2.05) is 67.8 Å². The Balaban J connectivity index is 1.74. The van der Waals surface area contributed by atoms with E-state index in [1.165, 1.54) is 0 Å². The van der Waals surface area contributed by atoms with Crippen molar-refractivity contribution >= 4 is 11.9 Å². The van der Waals surface area contributed by atoms with Crippen molar-refractivity contribution < 1.29 is 0 Å². The van der Waals surface area contributed by atoms with Crippen molar-refractivity contribution in [3.8, 4) is 11.3 Å². The van der Waals surface area contributed by atoms with Crippen molar-refractivity contribution in [2.24, 2.45) is 12.1 Å². The lowest BCUT2D eigenvalue weighted by Crippen LogP contribution is -1.91. The van der Waals surface area contributed by atoms with Crippen LogP contribution in [0.2, 0.25) is 0 Å². The van der Waals surface area contributed by atoms with Crippen molar-refractivity contribution in [3.05, 3.63) is 72.4 Å². The Morgan fingerprint density at radius 2 is 1.90 bits per heavy atom. The molecule has 0 fully saturated rings. The summed E-state index contributed by atoms with van der Waals surface area (Å²) < 4.78 is 1.80. The Morgan fingerprint density at radius 3 is 2.67 bits per heavy atom. The van der Waals surface area contributed by atoms with Crippen molar-refractivity contribution in [1.29, 1.82) is 0 Å². The molecule has 1 heterocycles. The number of rotatable bonds is 4. The Kier molecular flexibility index (Phi) is 3.78. The average molecular weight is 276 g/mol. The number of aromatic nitrogens is 2. The van der Waals surface area contributed by atoms with E-state index in [0.717, 1.165) is 22.5 Å². The number of para-hydroxylation sites is 1. The van der Waals surface area contributed by atoms with Crippen LogP contribution in [-0.2, 0) is 7.05 Å². The summed E-state index contributed by atoms with van der Waals surface area (Å²) in [5, 5.41) is 8.66. The molecule has 0 amide bonds. The second-order valence-corrected chi connectivity index (χ2v) is 4.74. The summed E-state index contributed by atoms with van der Waals surface area (Å²) in [7, 11) is 1.92. The average Bonchev–Trinajstić information content (AvgIpc) is 2.95. The van der Waals surface area contributed by atoms with Crippen molar-refractivity contribution in [3.63, 3.8) is 0 Å². The largest absolute Gasteiger partial charge is 0.279 e. The maximum atomic E-state index is 4.41. The summed E-state index contributed by atoms with van der Waals surface area (Å²) in [6.45, 7) is 0. The normalized spacial score (nSPS) is 10.9. The number of hydrazone groups is 1. The number of nitrogens with one attached hydrogen (secondary N) is 1. The van der Waals surface area contributed by atoms with Crippen LogP contribution in [0.4, 0.5) is 5.69 Å². The van der Waals surface area contributed by atoms with Crippen LogP contribution in [-0.4, -0.2) is 16.0 Å². The molecule has 21 heavy (non-hydrogen) atoms. The molecule has 0 bridgehead atoms. The van der Waals surface area contributed by atoms with Crippen LogP contribution < -0.4 is 5.43 Å². The topological polar surface area (TPSA) is 42.2 Å². The molecular formula is C17H16N4. The van der Waals surface area contributed by atoms with Crippen LogP contribution in [0.5, 0.6) is 0 Å². The molecule has 0 spiro atoms. The molecule has 3 aromatic rings. The molecule has 0 unspecified atom stereocenters. The molecule has 0 saturated carbocycles. The second kappa shape index (κ2) is 6.05. The molecule has 1 aromatic heterocycles. The third kappa shape index (κ3) is 3.36. The summed E-state index contributed by atoms with van der Waals surface area (Å²) in [5.74, 6) is 0. The Hall–Kier alpha value is -2.88. The number of anilines is 1. The molecular weight excluding hydrogens is 260 g/mol. The van der Waals surface area contributed by atoms with Crippen molar-refractivity contribution in [2.45, 2.75) is 0 Å². The summed E-state index contributed by atoms with van der Waals surface area (Å²) in [6.07, 6.45) is 3.74. The molecule has 0 saturated heterocycles. The molecule has 104 valence electrons. The van der Waals surface area contributed by atoms with E-state index in [-0.39, 0.29) is 0 Å². The number of hydrogen-bond acceptors (Lipinski definition) is 3. The van der Waals surface area contributed by atoms with Gasteiger partial charge < -0.3 is 0 Å². The zero-order valence-electron chi connectivity index (χ0n) is 11.8. The summed E-state index contributed by atoms with van der Waals surface area (Å²) in [6, 6.07) is 20.0. The van der Waals surface area contributed by atoms with Gasteiger partial charge in [-0.3, -0.25) is 10.1 Å². The fraction of sp³-hybridized carbons (Fsp3) is 0.0588. The number of hydrogen-bond donors (Lipinski definition) is 1. The molecule has 1 N–H and O–H groups in total. The van der Waals surface area contributed by atoms with Gasteiger partial charge in [-0.2, -0.15) is 10.2 Å². The molecule has 3 rings (SSSR count). The van der Waals surface area contributed by atoms with Crippen LogP contribution in [0.1, 0.15) is 5.56 Å². The van der Waals surface area contributed by atoms with Gasteiger partial charge in [0.2, 0.25) is 0 Å². The first-order chi connectivity index (χ1) is 10.3. The zero-order valence-corrected chi connectivity index (χ0v) is 11.8. The molecule has 0 aliphatic heterocycles. The van der Waals surface area contributed by atoms with E-state index in [9.17, 15) is 0 Å². The molecule has 0 aliphatic carbocycles. The van der Waals surface area contributed by atoms with Crippen LogP contribution >= 0.6 is 0 Å². The SMILES string of the molecule is Cn1ccc(-c2cccc(C=NNc3ccccc3)c2)n1. The quantitative estimate of drug-likeness (QED) is 0.585. The maximum Gasteiger partial charge on any atom is 0.0923 e. The summed E-state index contributed by atoms with van der Waals surface area (Å²) >= 11 is 0. The van der Waals surface area contributed by atoms with Gasteiger partial charge in [0.15, 0.2) is 0 Å². The first-order valence-electron chi connectivity index (χ1n) is 6.75. The van der Waals surface area contributed by atoms with Gasteiger partial charge in [0.25, 0.3) is 0 Å². The first kappa shape index (κ1) is 13.1. The van der Waals surface area contributed by atoms with Gasteiger partial charge in [0, 0.05) is 18.8 Å². The van der Waals surface area contributed by atoms with Crippen LogP contribution in [0.15, 0.2) is 72.0 Å². The van der Waals surface area contributed by atoms with E-state index in [2.05, 4.69) is 21.7 Å². The third-order valence-corrected chi connectivity index (χ3v) is 3.08. The van der Waals surface area contributed by atoms with E-state index in [4.69, 9.17) is 0 Å². The highest BCUT2D eigenvalue weighted by Crippen LogP contribution is 2.17. The second-order valence-electron chi connectivity index (χ2n) is 4.74. The van der Waals surface area contributed by atoms with Crippen molar-refractivity contribution in [2.75, 3.05) is 5.43 Å². The molecule has 4 heteroatoms. The van der Waals surface area contributed by atoms with Gasteiger partial charge in [-0.25, -0.2) is 0 Å². The predicted octanol–water partition coefficient (Wildman–Crippen LogP) is 3.53. The molecule has 4 nitrogen and oxygen atoms in total. The fourth-order valence-electron chi connectivity index (χ4n) is 2.04. The van der Waals surface area contributed by atoms with Gasteiger partial charge in [0.05, 0.1) is 17.6 Å². The monoisotopic (exact) mass is 276 g/mol. The third-order valence-electron chi connectivity index (χ3n) is 3.08. The summed E-state index contributed by atoms with van der Waals surface area (Å²) in [4.78, 5) is 0. The molecule has 0 radical (unpaired) electrons. The Morgan fingerprint density at radius 1 is 1.05 bits per heavy atom. The predicted molar refractivity (Wildman–Crippen MR) is 86.3 cm³/mol. The van der Waals surface area contributed by atoms with E-state index < -0.39 is 0 Å². The van der Waals surface area contributed by atoms with Gasteiger partial charge in [-0.1, -0.05) is 36.4 Å². The summed E-state index contributed by atoms with van der Waals surface area (Å²) in [5.41, 5.74) is 7.05. The van der Waals surface area contributed by atoms with Crippen LogP contribution in [0.25, 0.3) is 11.3 Å². The fourth-order valence-corrected chi connectivity index (χ4v) is 2.04. The van der Waals surface area contributed by atoms with Crippen LogP contribution in [0, 0.1) is 0 Å². The number of aryl methyl sites for hydroxylation is 1. The molecule has 0 aliphatic rings. The van der Waals surface area contributed by atoms with E-state index in [0.29, 0.717) is 0 Å². The van der Waals surface area contributed by atoms with Crippen molar-refractivity contribution in [1.82, 2.24) is 9.78 Å². The minimum Gasteiger partial charge on any atom is -0.279 e. The van der Waals surface area contributed by atoms with Gasteiger partial charge >= 0.3 is 0 Å². The number of nitrogens with zero attached hydrogens (tertiary/aromatic N) is 3. The van der Waals surface area contributed by atoms with E-state index >= 15 is 0 Å². The zero-order chi connectivity index (χ0) is 14.5. The smallest absolute Gasteiger partial charge is 0.0923 e. The molecule has 0 atom stereocenters.